The molecule has 1 aliphatic heterocycles. The Bertz CT molecular complexity index is 1040. The van der Waals surface area contributed by atoms with E-state index in [1.165, 1.54) is 7.11 Å². The molecule has 0 saturated carbocycles. The second-order valence-corrected chi connectivity index (χ2v) is 7.44. The molecule has 0 saturated heterocycles. The molecule has 0 amide bonds. The van der Waals surface area contributed by atoms with Crippen molar-refractivity contribution in [1.82, 2.24) is 0 Å². The van der Waals surface area contributed by atoms with Crippen molar-refractivity contribution in [3.63, 3.8) is 0 Å². The maximum atomic E-state index is 13.3. The van der Waals surface area contributed by atoms with Gasteiger partial charge in [-0.1, -0.05) is 54.6 Å². The maximum Gasteiger partial charge on any atom is 0.340 e. The zero-order valence-electron chi connectivity index (χ0n) is 16.5. The molecule has 5 heteroatoms. The van der Waals surface area contributed by atoms with Crippen molar-refractivity contribution in [2.24, 2.45) is 5.73 Å². The van der Waals surface area contributed by atoms with E-state index in [-0.39, 0.29) is 23.2 Å². The summed E-state index contributed by atoms with van der Waals surface area (Å²) in [5, 5.41) is 0. The zero-order chi connectivity index (χ0) is 20.5. The molecule has 2 N–H and O–H groups in total. The van der Waals surface area contributed by atoms with E-state index in [9.17, 15) is 9.59 Å². The minimum Gasteiger partial charge on any atom is -0.465 e. The second kappa shape index (κ2) is 7.59. The van der Waals surface area contributed by atoms with Crippen molar-refractivity contribution in [3.8, 4) is 0 Å². The molecule has 0 aromatic heterocycles. The first-order valence-corrected chi connectivity index (χ1v) is 9.63. The summed E-state index contributed by atoms with van der Waals surface area (Å²) < 4.78 is 10.8. The van der Waals surface area contributed by atoms with Gasteiger partial charge in [-0.3, -0.25) is 4.79 Å². The molecule has 4 rings (SSSR count). The van der Waals surface area contributed by atoms with Gasteiger partial charge < -0.3 is 15.2 Å². The van der Waals surface area contributed by atoms with Crippen LogP contribution in [0.4, 0.5) is 0 Å². The number of benzene rings is 2. The highest BCUT2D eigenvalue weighted by molar-refractivity contribution is 6.03. The Morgan fingerprint density at radius 1 is 1.07 bits per heavy atom. The number of hydrogen-bond acceptors (Lipinski definition) is 5. The standard InChI is InChI=1S/C24H23NO4/c1-14-8-6-7-11-17(14)20-21-18(26)12-16(15-9-4-3-5-10-15)13-19(21)29-23(25)22(20)24(27)28-2/h3-11,16,20H,12-13,25H2,1-2H3. The number of methoxy groups -OCH3 is 1. The first kappa shape index (κ1) is 19.0. The molecule has 2 unspecified atom stereocenters. The molecule has 1 aliphatic carbocycles. The van der Waals surface area contributed by atoms with Gasteiger partial charge in [0.25, 0.3) is 0 Å². The van der Waals surface area contributed by atoms with Gasteiger partial charge in [0.1, 0.15) is 11.3 Å². The molecule has 0 radical (unpaired) electrons. The van der Waals surface area contributed by atoms with E-state index in [0.717, 1.165) is 16.7 Å². The van der Waals surface area contributed by atoms with Gasteiger partial charge in [-0.15, -0.1) is 0 Å². The number of aryl methyl sites for hydroxylation is 1. The van der Waals surface area contributed by atoms with Gasteiger partial charge in [0.05, 0.1) is 13.0 Å². The van der Waals surface area contributed by atoms with E-state index in [1.807, 2.05) is 61.5 Å². The molecule has 1 heterocycles. The molecule has 5 nitrogen and oxygen atoms in total. The quantitative estimate of drug-likeness (QED) is 0.807. The van der Waals surface area contributed by atoms with Crippen molar-refractivity contribution in [2.75, 3.05) is 7.11 Å². The van der Waals surface area contributed by atoms with Crippen LogP contribution >= 0.6 is 0 Å². The Hall–Kier alpha value is -3.34. The molecule has 2 aromatic rings. The largest absolute Gasteiger partial charge is 0.465 e. The molecular weight excluding hydrogens is 366 g/mol. The second-order valence-electron chi connectivity index (χ2n) is 7.44. The van der Waals surface area contributed by atoms with Gasteiger partial charge in [-0.05, 0) is 29.5 Å². The van der Waals surface area contributed by atoms with E-state index in [0.29, 0.717) is 24.2 Å². The Morgan fingerprint density at radius 2 is 1.76 bits per heavy atom. The first-order valence-electron chi connectivity index (χ1n) is 9.63. The van der Waals surface area contributed by atoms with Gasteiger partial charge in [-0.25, -0.2) is 4.79 Å². The summed E-state index contributed by atoms with van der Waals surface area (Å²) in [5.41, 5.74) is 9.80. The summed E-state index contributed by atoms with van der Waals surface area (Å²) in [5.74, 6) is -0.620. The van der Waals surface area contributed by atoms with Crippen LogP contribution in [0.2, 0.25) is 0 Å². The molecule has 2 atom stereocenters. The van der Waals surface area contributed by atoms with Crippen LogP contribution in [-0.2, 0) is 19.1 Å². The lowest BCUT2D eigenvalue weighted by atomic mass is 9.72. The van der Waals surface area contributed by atoms with Gasteiger partial charge >= 0.3 is 5.97 Å². The molecule has 2 aliphatic rings. The summed E-state index contributed by atoms with van der Waals surface area (Å²) >= 11 is 0. The summed E-state index contributed by atoms with van der Waals surface area (Å²) in [4.78, 5) is 25.9. The van der Waals surface area contributed by atoms with Crippen LogP contribution in [0.3, 0.4) is 0 Å². The first-order chi connectivity index (χ1) is 14.0. The minimum absolute atomic E-state index is 0.00497. The van der Waals surface area contributed by atoms with E-state index in [1.54, 1.807) is 0 Å². The van der Waals surface area contributed by atoms with Crippen LogP contribution in [0.15, 0.2) is 77.4 Å². The summed E-state index contributed by atoms with van der Waals surface area (Å²) in [6, 6.07) is 17.6. The fourth-order valence-electron chi connectivity index (χ4n) is 4.30. The Labute approximate surface area is 169 Å². The number of Topliss-reactive ketones (excluding diaryl/α,β-unsaturated/α-hetero) is 1. The maximum absolute atomic E-state index is 13.3. The highest BCUT2D eigenvalue weighted by Gasteiger charge is 2.43. The number of ketones is 1. The van der Waals surface area contributed by atoms with Crippen LogP contribution in [0.5, 0.6) is 0 Å². The SMILES string of the molecule is COC(=O)C1=C(N)OC2=C(C(=O)CC(c3ccccc3)C2)C1c1ccccc1C. The monoisotopic (exact) mass is 389 g/mol. The molecule has 0 fully saturated rings. The number of allylic oxidation sites excluding steroid dienone is 2. The number of hydrogen-bond donors (Lipinski definition) is 1. The van der Waals surface area contributed by atoms with E-state index < -0.39 is 11.9 Å². The lowest BCUT2D eigenvalue weighted by molar-refractivity contribution is -0.136. The van der Waals surface area contributed by atoms with Crippen LogP contribution < -0.4 is 5.73 Å². The summed E-state index contributed by atoms with van der Waals surface area (Å²) in [6.07, 6.45) is 0.922. The average molecular weight is 389 g/mol. The third kappa shape index (κ3) is 3.33. The van der Waals surface area contributed by atoms with E-state index >= 15 is 0 Å². The number of carbonyl (C=O) groups excluding carboxylic acids is 2. The van der Waals surface area contributed by atoms with Gasteiger partial charge in [0.2, 0.25) is 5.88 Å². The fraction of sp³-hybridized carbons (Fsp3) is 0.250. The Kier molecular flexibility index (Phi) is 4.97. The fourth-order valence-corrected chi connectivity index (χ4v) is 4.30. The number of esters is 1. The summed E-state index contributed by atoms with van der Waals surface area (Å²) in [6.45, 7) is 1.95. The number of carbonyl (C=O) groups is 2. The van der Waals surface area contributed by atoms with Crippen LogP contribution in [-0.4, -0.2) is 18.9 Å². The molecule has 0 spiro atoms. The molecular formula is C24H23NO4. The van der Waals surface area contributed by atoms with Gasteiger partial charge in [0.15, 0.2) is 5.78 Å². The number of ether oxygens (including phenoxy) is 2. The highest BCUT2D eigenvalue weighted by Crippen LogP contribution is 2.47. The predicted octanol–water partition coefficient (Wildman–Crippen LogP) is 3.85. The highest BCUT2D eigenvalue weighted by atomic mass is 16.5. The Morgan fingerprint density at radius 3 is 2.45 bits per heavy atom. The van der Waals surface area contributed by atoms with Crippen molar-refractivity contribution in [1.29, 1.82) is 0 Å². The van der Waals surface area contributed by atoms with Crippen molar-refractivity contribution < 1.29 is 19.1 Å². The summed E-state index contributed by atoms with van der Waals surface area (Å²) in [7, 11) is 1.30. The van der Waals surface area contributed by atoms with Crippen molar-refractivity contribution >= 4 is 11.8 Å². The lowest BCUT2D eigenvalue weighted by Gasteiger charge is -2.35. The number of nitrogens with two attached hydrogens (primary N) is 1. The van der Waals surface area contributed by atoms with Crippen LogP contribution in [0.25, 0.3) is 0 Å². The molecule has 148 valence electrons. The van der Waals surface area contributed by atoms with Crippen molar-refractivity contribution in [2.45, 2.75) is 31.6 Å². The normalized spacial score (nSPS) is 21.5. The Balaban J connectivity index is 1.84. The van der Waals surface area contributed by atoms with Crippen molar-refractivity contribution in [3.05, 3.63) is 94.1 Å². The zero-order valence-corrected chi connectivity index (χ0v) is 16.5. The molecule has 0 bridgehead atoms. The molecule has 2 aromatic carbocycles. The van der Waals surface area contributed by atoms with Crippen LogP contribution in [0.1, 0.15) is 41.4 Å². The average Bonchev–Trinajstić information content (AvgIpc) is 2.73. The van der Waals surface area contributed by atoms with E-state index in [2.05, 4.69) is 0 Å². The third-order valence-corrected chi connectivity index (χ3v) is 5.72. The van der Waals surface area contributed by atoms with Crippen LogP contribution in [0, 0.1) is 6.92 Å². The van der Waals surface area contributed by atoms with E-state index in [4.69, 9.17) is 15.2 Å². The predicted molar refractivity (Wildman–Crippen MR) is 109 cm³/mol. The lowest BCUT2D eigenvalue weighted by Crippen LogP contribution is -2.33. The third-order valence-electron chi connectivity index (χ3n) is 5.72. The number of rotatable bonds is 3. The topological polar surface area (TPSA) is 78.6 Å². The van der Waals surface area contributed by atoms with Gasteiger partial charge in [0, 0.05) is 18.4 Å². The van der Waals surface area contributed by atoms with Gasteiger partial charge in [-0.2, -0.15) is 0 Å². The molecule has 29 heavy (non-hydrogen) atoms. The smallest absolute Gasteiger partial charge is 0.340 e. The minimum atomic E-state index is -0.586.